The molecular weight excluding hydrogens is 334 g/mol. The smallest absolute Gasteiger partial charge is 0.119 e. The molecular formula is C16H18BrNOS. The van der Waals surface area contributed by atoms with Crippen molar-refractivity contribution in [3.8, 4) is 5.75 Å². The molecule has 2 aromatic rings. The summed E-state index contributed by atoms with van der Waals surface area (Å²) in [4.78, 5) is 1.09. The van der Waals surface area contributed by atoms with Crippen LogP contribution >= 0.6 is 27.7 Å². The standard InChI is InChI=1S/C16H18BrNOS/c1-11-7-12(2)9-14(8-11)19-5-6-20-16-4-3-13(17)10-15(16)18/h3-4,7-10H,5-6,18H2,1-2H3. The van der Waals surface area contributed by atoms with E-state index in [9.17, 15) is 0 Å². The van der Waals surface area contributed by atoms with E-state index in [-0.39, 0.29) is 0 Å². The number of nitrogen functional groups attached to an aromatic ring is 1. The highest BCUT2D eigenvalue weighted by molar-refractivity contribution is 9.10. The molecule has 0 fully saturated rings. The van der Waals surface area contributed by atoms with E-state index in [0.717, 1.165) is 26.6 Å². The van der Waals surface area contributed by atoms with Crippen LogP contribution in [0.25, 0.3) is 0 Å². The largest absolute Gasteiger partial charge is 0.493 e. The molecule has 0 aliphatic heterocycles. The number of aryl methyl sites for hydroxylation is 2. The summed E-state index contributed by atoms with van der Waals surface area (Å²) in [7, 11) is 0. The van der Waals surface area contributed by atoms with E-state index in [1.807, 2.05) is 18.2 Å². The van der Waals surface area contributed by atoms with E-state index in [0.29, 0.717) is 6.61 Å². The number of thioether (sulfide) groups is 1. The minimum Gasteiger partial charge on any atom is -0.493 e. The zero-order valence-electron chi connectivity index (χ0n) is 11.7. The minimum atomic E-state index is 0.670. The van der Waals surface area contributed by atoms with Crippen molar-refractivity contribution in [1.29, 1.82) is 0 Å². The third-order valence-electron chi connectivity index (χ3n) is 2.78. The summed E-state index contributed by atoms with van der Waals surface area (Å²) in [6, 6.07) is 12.2. The molecule has 0 aliphatic carbocycles. The molecule has 0 amide bonds. The Bertz CT molecular complexity index is 581. The molecule has 2 N–H and O–H groups in total. The topological polar surface area (TPSA) is 35.2 Å². The molecule has 0 saturated heterocycles. The summed E-state index contributed by atoms with van der Waals surface area (Å²) in [5.74, 6) is 1.81. The highest BCUT2D eigenvalue weighted by Gasteiger charge is 2.02. The monoisotopic (exact) mass is 351 g/mol. The van der Waals surface area contributed by atoms with E-state index >= 15 is 0 Å². The Morgan fingerprint density at radius 3 is 2.45 bits per heavy atom. The lowest BCUT2D eigenvalue weighted by molar-refractivity contribution is 0.343. The number of anilines is 1. The zero-order chi connectivity index (χ0) is 14.5. The van der Waals surface area contributed by atoms with Crippen molar-refractivity contribution < 1.29 is 4.74 Å². The Hall–Kier alpha value is -1.13. The Morgan fingerprint density at radius 2 is 1.80 bits per heavy atom. The third-order valence-corrected chi connectivity index (χ3v) is 4.32. The van der Waals surface area contributed by atoms with E-state index in [1.165, 1.54) is 11.1 Å². The molecule has 0 aliphatic rings. The second-order valence-electron chi connectivity index (χ2n) is 4.70. The van der Waals surface area contributed by atoms with Gasteiger partial charge in [0, 0.05) is 20.8 Å². The zero-order valence-corrected chi connectivity index (χ0v) is 14.1. The molecule has 0 unspecified atom stereocenters. The van der Waals surface area contributed by atoms with Gasteiger partial charge in [0.2, 0.25) is 0 Å². The fraction of sp³-hybridized carbons (Fsp3) is 0.250. The van der Waals surface area contributed by atoms with E-state index in [4.69, 9.17) is 10.5 Å². The van der Waals surface area contributed by atoms with Gasteiger partial charge in [-0.15, -0.1) is 11.8 Å². The molecule has 0 spiro atoms. The van der Waals surface area contributed by atoms with Crippen molar-refractivity contribution in [2.45, 2.75) is 18.7 Å². The van der Waals surface area contributed by atoms with Crippen molar-refractivity contribution in [2.24, 2.45) is 0 Å². The lowest BCUT2D eigenvalue weighted by atomic mass is 10.1. The van der Waals surface area contributed by atoms with E-state index in [1.54, 1.807) is 11.8 Å². The van der Waals surface area contributed by atoms with Gasteiger partial charge in [0.15, 0.2) is 0 Å². The first-order valence-electron chi connectivity index (χ1n) is 6.43. The molecule has 20 heavy (non-hydrogen) atoms. The predicted molar refractivity (Wildman–Crippen MR) is 90.7 cm³/mol. The maximum Gasteiger partial charge on any atom is 0.119 e. The van der Waals surface area contributed by atoms with Crippen LogP contribution in [-0.2, 0) is 0 Å². The van der Waals surface area contributed by atoms with Gasteiger partial charge in [-0.1, -0.05) is 22.0 Å². The Morgan fingerprint density at radius 1 is 1.10 bits per heavy atom. The van der Waals surface area contributed by atoms with Gasteiger partial charge in [-0.3, -0.25) is 0 Å². The fourth-order valence-electron chi connectivity index (χ4n) is 1.98. The van der Waals surface area contributed by atoms with Gasteiger partial charge in [0.25, 0.3) is 0 Å². The average molecular weight is 352 g/mol. The predicted octanol–water partition coefficient (Wildman–Crippen LogP) is 4.82. The third kappa shape index (κ3) is 4.46. The number of halogens is 1. The molecule has 0 aromatic heterocycles. The van der Waals surface area contributed by atoms with Gasteiger partial charge in [-0.25, -0.2) is 0 Å². The van der Waals surface area contributed by atoms with E-state index < -0.39 is 0 Å². The number of benzene rings is 2. The Balaban J connectivity index is 1.84. The molecule has 0 saturated carbocycles. The number of rotatable bonds is 5. The Kier molecular flexibility index (Phi) is 5.38. The van der Waals surface area contributed by atoms with Gasteiger partial charge in [-0.2, -0.15) is 0 Å². The maximum atomic E-state index is 5.96. The summed E-state index contributed by atoms with van der Waals surface area (Å²) in [5.41, 5.74) is 9.22. The number of hydrogen-bond donors (Lipinski definition) is 1. The lowest BCUT2D eigenvalue weighted by Crippen LogP contribution is -2.01. The summed E-state index contributed by atoms with van der Waals surface area (Å²) in [6.45, 7) is 4.83. The second-order valence-corrected chi connectivity index (χ2v) is 6.75. The second kappa shape index (κ2) is 7.04. The normalized spacial score (nSPS) is 10.6. The molecule has 0 radical (unpaired) electrons. The molecule has 0 atom stereocenters. The van der Waals surface area contributed by atoms with Crippen molar-refractivity contribution in [3.05, 3.63) is 52.0 Å². The first-order chi connectivity index (χ1) is 9.54. The van der Waals surface area contributed by atoms with Gasteiger partial charge in [0.05, 0.1) is 6.61 Å². The summed E-state index contributed by atoms with van der Waals surface area (Å²) < 4.78 is 6.79. The van der Waals surface area contributed by atoms with Gasteiger partial charge in [-0.05, 0) is 55.3 Å². The number of ether oxygens (including phenoxy) is 1. The van der Waals surface area contributed by atoms with Gasteiger partial charge < -0.3 is 10.5 Å². The maximum absolute atomic E-state index is 5.96. The van der Waals surface area contributed by atoms with E-state index in [2.05, 4.69) is 48.0 Å². The van der Waals surface area contributed by atoms with Crippen LogP contribution in [0.5, 0.6) is 5.75 Å². The fourth-order valence-corrected chi connectivity index (χ4v) is 3.13. The molecule has 2 rings (SSSR count). The van der Waals surface area contributed by atoms with Crippen LogP contribution in [0, 0.1) is 13.8 Å². The van der Waals surface area contributed by atoms with Crippen molar-refractivity contribution in [1.82, 2.24) is 0 Å². The molecule has 2 aromatic carbocycles. The summed E-state index contributed by atoms with van der Waals surface area (Å²) in [6.07, 6.45) is 0. The first kappa shape index (κ1) is 15.3. The number of hydrogen-bond acceptors (Lipinski definition) is 3. The molecule has 4 heteroatoms. The minimum absolute atomic E-state index is 0.670. The molecule has 2 nitrogen and oxygen atoms in total. The van der Waals surface area contributed by atoms with Crippen LogP contribution in [0.3, 0.4) is 0 Å². The van der Waals surface area contributed by atoms with Crippen molar-refractivity contribution in [2.75, 3.05) is 18.1 Å². The van der Waals surface area contributed by atoms with Gasteiger partial charge in [0.1, 0.15) is 5.75 Å². The van der Waals surface area contributed by atoms with Crippen LogP contribution < -0.4 is 10.5 Å². The van der Waals surface area contributed by atoms with Crippen molar-refractivity contribution >= 4 is 33.4 Å². The highest BCUT2D eigenvalue weighted by atomic mass is 79.9. The van der Waals surface area contributed by atoms with Crippen LogP contribution in [0.4, 0.5) is 5.69 Å². The molecule has 0 heterocycles. The quantitative estimate of drug-likeness (QED) is 0.476. The highest BCUT2D eigenvalue weighted by Crippen LogP contribution is 2.27. The van der Waals surface area contributed by atoms with Crippen LogP contribution in [0.1, 0.15) is 11.1 Å². The van der Waals surface area contributed by atoms with Crippen LogP contribution in [0.2, 0.25) is 0 Å². The summed E-state index contributed by atoms with van der Waals surface area (Å²) >= 11 is 5.12. The Labute approximate surface area is 132 Å². The van der Waals surface area contributed by atoms with Crippen LogP contribution in [0.15, 0.2) is 45.8 Å². The average Bonchev–Trinajstić information content (AvgIpc) is 2.35. The first-order valence-corrected chi connectivity index (χ1v) is 8.21. The van der Waals surface area contributed by atoms with Gasteiger partial charge >= 0.3 is 0 Å². The molecule has 106 valence electrons. The lowest BCUT2D eigenvalue weighted by Gasteiger charge is -2.09. The summed E-state index contributed by atoms with van der Waals surface area (Å²) in [5, 5.41) is 0. The number of nitrogens with two attached hydrogens (primary N) is 1. The van der Waals surface area contributed by atoms with Crippen molar-refractivity contribution in [3.63, 3.8) is 0 Å². The SMILES string of the molecule is Cc1cc(C)cc(OCCSc2ccc(Br)cc2N)c1. The van der Waals surface area contributed by atoms with Crippen LogP contribution in [-0.4, -0.2) is 12.4 Å². The molecule has 0 bridgehead atoms.